The molecule has 1 fully saturated rings. The molecule has 0 radical (unpaired) electrons. The summed E-state index contributed by atoms with van der Waals surface area (Å²) >= 11 is 1.19. The molecule has 11 heteroatoms. The molecule has 4 rings (SSSR count). The lowest BCUT2D eigenvalue weighted by atomic mass is 10.1. The number of benzene rings is 1. The summed E-state index contributed by atoms with van der Waals surface area (Å²) in [5.41, 5.74) is 0.317. The molecule has 0 spiro atoms. The summed E-state index contributed by atoms with van der Waals surface area (Å²) in [7, 11) is -3.54. The van der Waals surface area contributed by atoms with Crippen LogP contribution in [0.25, 0.3) is 10.8 Å². The number of carbonyl (C=O) groups is 2. The van der Waals surface area contributed by atoms with Gasteiger partial charge in [0, 0.05) is 36.4 Å². The van der Waals surface area contributed by atoms with Crippen LogP contribution in [0.5, 0.6) is 0 Å². The Morgan fingerprint density at radius 1 is 1.06 bits per heavy atom. The van der Waals surface area contributed by atoms with Gasteiger partial charge < -0.3 is 4.74 Å². The van der Waals surface area contributed by atoms with Gasteiger partial charge in [-0.2, -0.15) is 4.31 Å². The van der Waals surface area contributed by atoms with Crippen LogP contribution >= 0.6 is 11.3 Å². The molecule has 3 heterocycles. The number of aromatic nitrogens is 3. The van der Waals surface area contributed by atoms with E-state index in [1.165, 1.54) is 45.3 Å². The minimum atomic E-state index is -3.54. The normalized spacial score (nSPS) is 14.5. The quantitative estimate of drug-likeness (QED) is 0.391. The smallest absolute Gasteiger partial charge is 0.358 e. The molecule has 1 aliphatic rings. The van der Waals surface area contributed by atoms with Gasteiger partial charge in [0.05, 0.1) is 4.90 Å². The maximum atomic E-state index is 12.5. The maximum absolute atomic E-state index is 12.5. The Kier molecular flexibility index (Phi) is 6.16. The molecule has 0 bridgehead atoms. The fourth-order valence-corrected chi connectivity index (χ4v) is 5.31. The molecule has 1 aliphatic heterocycles. The van der Waals surface area contributed by atoms with Gasteiger partial charge >= 0.3 is 5.97 Å². The van der Waals surface area contributed by atoms with Crippen molar-refractivity contribution < 1.29 is 22.7 Å². The van der Waals surface area contributed by atoms with E-state index in [2.05, 4.69) is 15.0 Å². The van der Waals surface area contributed by atoms with Crippen LogP contribution in [0, 0.1) is 0 Å². The summed E-state index contributed by atoms with van der Waals surface area (Å²) in [5, 5.41) is 1.98. The van der Waals surface area contributed by atoms with Crippen molar-refractivity contribution in [1.29, 1.82) is 0 Å². The van der Waals surface area contributed by atoms with E-state index in [1.807, 2.05) is 0 Å². The van der Waals surface area contributed by atoms with Crippen molar-refractivity contribution in [3.63, 3.8) is 0 Å². The second-order valence-electron chi connectivity index (χ2n) is 6.75. The van der Waals surface area contributed by atoms with E-state index in [1.54, 1.807) is 18.5 Å². The monoisotopic (exact) mass is 458 g/mol. The molecule has 1 saturated heterocycles. The SMILES string of the molecule is O=C(COC(=O)c1csc(-c2ncccn2)n1)c1ccc(S(=O)(=O)N2CCCC2)cc1. The third-order valence-corrected chi connectivity index (χ3v) is 7.43. The molecule has 0 amide bonds. The Balaban J connectivity index is 1.36. The Morgan fingerprint density at radius 2 is 1.74 bits per heavy atom. The van der Waals surface area contributed by atoms with Gasteiger partial charge in [0.2, 0.25) is 10.0 Å². The number of sulfonamides is 1. The molecule has 160 valence electrons. The number of ether oxygens (including phenoxy) is 1. The van der Waals surface area contributed by atoms with Crippen LogP contribution in [-0.4, -0.2) is 59.1 Å². The first-order valence-corrected chi connectivity index (χ1v) is 11.8. The van der Waals surface area contributed by atoms with Gasteiger partial charge in [-0.15, -0.1) is 11.3 Å². The van der Waals surface area contributed by atoms with E-state index in [9.17, 15) is 18.0 Å². The number of esters is 1. The molecule has 2 aromatic heterocycles. The highest BCUT2D eigenvalue weighted by atomic mass is 32.2. The van der Waals surface area contributed by atoms with Crippen LogP contribution in [0.1, 0.15) is 33.7 Å². The third-order valence-electron chi connectivity index (χ3n) is 4.68. The number of carbonyl (C=O) groups excluding carboxylic acids is 2. The molecule has 0 aliphatic carbocycles. The highest BCUT2D eigenvalue weighted by Gasteiger charge is 2.27. The topological polar surface area (TPSA) is 119 Å². The summed E-state index contributed by atoms with van der Waals surface area (Å²) < 4.78 is 31.6. The molecule has 0 unspecified atom stereocenters. The van der Waals surface area contributed by atoms with Crippen molar-refractivity contribution in [1.82, 2.24) is 19.3 Å². The number of Topliss-reactive ketones (excluding diaryl/α,β-unsaturated/α-hetero) is 1. The number of hydrogen-bond acceptors (Lipinski definition) is 9. The summed E-state index contributed by atoms with van der Waals surface area (Å²) in [6, 6.07) is 7.32. The Bertz CT molecular complexity index is 1190. The number of nitrogens with zero attached hydrogens (tertiary/aromatic N) is 4. The molecule has 0 atom stereocenters. The van der Waals surface area contributed by atoms with Crippen LogP contribution in [-0.2, 0) is 14.8 Å². The van der Waals surface area contributed by atoms with Gasteiger partial charge in [0.15, 0.2) is 28.9 Å². The van der Waals surface area contributed by atoms with Gasteiger partial charge in [-0.25, -0.2) is 28.2 Å². The Hall–Kier alpha value is -3.02. The fourth-order valence-electron chi connectivity index (χ4n) is 3.06. The summed E-state index contributed by atoms with van der Waals surface area (Å²) in [5.74, 6) is -0.785. The largest absolute Gasteiger partial charge is 0.453 e. The number of ketones is 1. The van der Waals surface area contributed by atoms with E-state index in [-0.39, 0.29) is 16.2 Å². The lowest BCUT2D eigenvalue weighted by molar-refractivity contribution is 0.0470. The van der Waals surface area contributed by atoms with E-state index in [0.717, 1.165) is 12.8 Å². The zero-order valence-corrected chi connectivity index (χ0v) is 17.9. The average Bonchev–Trinajstić information content (AvgIpc) is 3.51. The second-order valence-corrected chi connectivity index (χ2v) is 9.54. The van der Waals surface area contributed by atoms with E-state index < -0.39 is 28.4 Å². The van der Waals surface area contributed by atoms with Crippen molar-refractivity contribution in [2.45, 2.75) is 17.7 Å². The number of thiazole rings is 1. The van der Waals surface area contributed by atoms with Crippen LogP contribution in [0.15, 0.2) is 53.0 Å². The minimum Gasteiger partial charge on any atom is -0.453 e. The zero-order chi connectivity index (χ0) is 21.8. The van der Waals surface area contributed by atoms with Gasteiger partial charge in [-0.1, -0.05) is 0 Å². The molecule has 0 saturated carbocycles. The molecule has 0 N–H and O–H groups in total. The average molecular weight is 459 g/mol. The van der Waals surface area contributed by atoms with Crippen LogP contribution < -0.4 is 0 Å². The van der Waals surface area contributed by atoms with Gasteiger partial charge in [0.1, 0.15) is 0 Å². The van der Waals surface area contributed by atoms with Crippen molar-refractivity contribution >= 4 is 33.1 Å². The molecule has 1 aromatic carbocycles. The molecular formula is C20H18N4O5S2. The van der Waals surface area contributed by atoms with Crippen LogP contribution in [0.3, 0.4) is 0 Å². The maximum Gasteiger partial charge on any atom is 0.358 e. The lowest BCUT2D eigenvalue weighted by Gasteiger charge is -2.15. The summed E-state index contributed by atoms with van der Waals surface area (Å²) in [6.07, 6.45) is 4.84. The first kappa shape index (κ1) is 21.2. The van der Waals surface area contributed by atoms with Crippen molar-refractivity contribution in [3.05, 3.63) is 59.4 Å². The number of rotatable bonds is 7. The standard InChI is InChI=1S/C20H18N4O5S2/c25-17(14-4-6-15(7-5-14)31(27,28)24-10-1-2-11-24)12-29-20(26)16-13-30-19(23-16)18-21-8-3-9-22-18/h3-9,13H,1-2,10-12H2. The van der Waals surface area contributed by atoms with Crippen molar-refractivity contribution in [2.24, 2.45) is 0 Å². The van der Waals surface area contributed by atoms with E-state index >= 15 is 0 Å². The predicted molar refractivity (Wildman–Crippen MR) is 112 cm³/mol. The van der Waals surface area contributed by atoms with Crippen molar-refractivity contribution in [3.8, 4) is 10.8 Å². The van der Waals surface area contributed by atoms with E-state index in [4.69, 9.17) is 4.74 Å². The molecule has 3 aromatic rings. The van der Waals surface area contributed by atoms with Crippen LogP contribution in [0.4, 0.5) is 0 Å². The highest BCUT2D eigenvalue weighted by molar-refractivity contribution is 7.89. The highest BCUT2D eigenvalue weighted by Crippen LogP contribution is 2.22. The third kappa shape index (κ3) is 4.68. The first-order chi connectivity index (χ1) is 14.9. The van der Waals surface area contributed by atoms with Crippen LogP contribution in [0.2, 0.25) is 0 Å². The van der Waals surface area contributed by atoms with Crippen molar-refractivity contribution in [2.75, 3.05) is 19.7 Å². The first-order valence-electron chi connectivity index (χ1n) is 9.48. The predicted octanol–water partition coefficient (Wildman–Crippen LogP) is 2.42. The molecule has 9 nitrogen and oxygen atoms in total. The number of hydrogen-bond donors (Lipinski definition) is 0. The fraction of sp³-hybridized carbons (Fsp3) is 0.250. The zero-order valence-electron chi connectivity index (χ0n) is 16.3. The van der Waals surface area contributed by atoms with Gasteiger partial charge in [-0.3, -0.25) is 4.79 Å². The van der Waals surface area contributed by atoms with E-state index in [0.29, 0.717) is 23.9 Å². The Morgan fingerprint density at radius 3 is 2.42 bits per heavy atom. The Labute approximate surface area is 182 Å². The van der Waals surface area contributed by atoms with Gasteiger partial charge in [-0.05, 0) is 43.2 Å². The summed E-state index contributed by atoms with van der Waals surface area (Å²) in [4.78, 5) is 37.0. The lowest BCUT2D eigenvalue weighted by Crippen LogP contribution is -2.27. The molecular weight excluding hydrogens is 440 g/mol. The van der Waals surface area contributed by atoms with Gasteiger partial charge in [0.25, 0.3) is 0 Å². The second kappa shape index (κ2) is 9.00. The molecule has 31 heavy (non-hydrogen) atoms. The summed E-state index contributed by atoms with van der Waals surface area (Å²) in [6.45, 7) is 0.535. The minimum absolute atomic E-state index is 0.0623.